The van der Waals surface area contributed by atoms with Crippen molar-refractivity contribution in [3.05, 3.63) is 65.0 Å². The van der Waals surface area contributed by atoms with Gasteiger partial charge in [-0.05, 0) is 29.8 Å². The molecular weight excluding hydrogens is 360 g/mol. The van der Waals surface area contributed by atoms with Crippen molar-refractivity contribution in [1.29, 1.82) is 0 Å². The third-order valence-corrected chi connectivity index (χ3v) is 3.08. The Kier molecular flexibility index (Phi) is 4.96. The predicted octanol–water partition coefficient (Wildman–Crippen LogP) is 5.75. The first-order valence-electron chi connectivity index (χ1n) is 6.44. The Morgan fingerprint density at radius 3 is 1.88 bits per heavy atom. The first-order chi connectivity index (χ1) is 11.5. The molecule has 0 heterocycles. The quantitative estimate of drug-likeness (QED) is 0.499. The number of hydrogen-bond acceptors (Lipinski definition) is 1. The van der Waals surface area contributed by atoms with Gasteiger partial charge in [0.15, 0.2) is 0 Å². The maximum absolute atomic E-state index is 13.8. The molecule has 0 fully saturated rings. The number of hydrogen-bond donors (Lipinski definition) is 0. The van der Waals surface area contributed by atoms with Gasteiger partial charge in [-0.15, -0.1) is 0 Å². The Hall–Kier alpha value is -2.71. The number of alkyl halides is 3. The van der Waals surface area contributed by atoms with Crippen LogP contribution in [0.4, 0.5) is 35.1 Å². The van der Waals surface area contributed by atoms with Crippen molar-refractivity contribution in [2.45, 2.75) is 6.18 Å². The average molecular weight is 366 g/mol. The molecule has 0 saturated carbocycles. The second-order valence-electron chi connectivity index (χ2n) is 4.82. The molecule has 0 bridgehead atoms. The van der Waals surface area contributed by atoms with Crippen LogP contribution in [0.3, 0.4) is 0 Å². The average Bonchev–Trinajstić information content (AvgIpc) is 2.44. The Balaban J connectivity index is 2.54. The fourth-order valence-corrected chi connectivity index (χ4v) is 2.04. The second kappa shape index (κ2) is 6.66. The van der Waals surface area contributed by atoms with E-state index in [9.17, 15) is 39.9 Å². The highest BCUT2D eigenvalue weighted by atomic mass is 19.4. The number of carbonyl (C=O) groups excluding carboxylic acids is 1. The van der Waals surface area contributed by atoms with Crippen LogP contribution in [0.15, 0.2) is 36.4 Å². The van der Waals surface area contributed by atoms with Crippen LogP contribution < -0.4 is 0 Å². The lowest BCUT2D eigenvalue weighted by atomic mass is 10.0. The summed E-state index contributed by atoms with van der Waals surface area (Å²) in [6.07, 6.45) is -6.06. The monoisotopic (exact) mass is 366 g/mol. The fourth-order valence-electron chi connectivity index (χ4n) is 2.04. The maximum atomic E-state index is 13.8. The van der Waals surface area contributed by atoms with Gasteiger partial charge in [-0.3, -0.25) is 4.79 Å². The van der Waals surface area contributed by atoms with Crippen LogP contribution in [0.2, 0.25) is 0 Å². The van der Waals surface area contributed by atoms with Crippen LogP contribution in [0.25, 0.3) is 17.0 Å². The predicted molar refractivity (Wildman–Crippen MR) is 72.3 cm³/mol. The van der Waals surface area contributed by atoms with E-state index in [1.165, 1.54) is 0 Å². The summed E-state index contributed by atoms with van der Waals surface area (Å²) in [5, 5.41) is 0. The fraction of sp³-hybridized carbons (Fsp3) is 0.0625. The first kappa shape index (κ1) is 18.6. The molecule has 0 amide bonds. The van der Waals surface area contributed by atoms with Gasteiger partial charge in [0, 0.05) is 5.56 Å². The number of halogens is 8. The lowest BCUT2D eigenvalue weighted by Crippen LogP contribution is -2.04. The van der Waals surface area contributed by atoms with Crippen LogP contribution in [-0.4, -0.2) is 12.2 Å². The van der Waals surface area contributed by atoms with E-state index in [2.05, 4.69) is 0 Å². The highest BCUT2D eigenvalue weighted by Gasteiger charge is 2.28. The molecule has 0 atom stereocenters. The topological polar surface area (TPSA) is 17.1 Å². The zero-order valence-electron chi connectivity index (χ0n) is 11.9. The number of allylic oxidation sites excluding steroid dienone is 1. The zero-order valence-corrected chi connectivity index (χ0v) is 11.9. The molecule has 25 heavy (non-hydrogen) atoms. The van der Waals surface area contributed by atoms with E-state index in [1.807, 2.05) is 0 Å². The van der Waals surface area contributed by atoms with E-state index in [0.29, 0.717) is 18.2 Å². The molecule has 1 nitrogen and oxygen atoms in total. The molecule has 0 aliphatic heterocycles. The second-order valence-corrected chi connectivity index (χ2v) is 4.82. The summed E-state index contributed by atoms with van der Waals surface area (Å²) >= 11 is 0. The largest absolute Gasteiger partial charge is 0.412 e. The Morgan fingerprint density at radius 2 is 1.44 bits per heavy atom. The lowest BCUT2D eigenvalue weighted by Gasteiger charge is -2.09. The molecule has 132 valence electrons. The Morgan fingerprint density at radius 1 is 0.880 bits per heavy atom. The van der Waals surface area contributed by atoms with Crippen LogP contribution in [0.5, 0.6) is 0 Å². The van der Waals surface area contributed by atoms with Crippen molar-refractivity contribution >= 4 is 11.9 Å². The van der Waals surface area contributed by atoms with Gasteiger partial charge in [-0.1, -0.05) is 6.07 Å². The summed E-state index contributed by atoms with van der Waals surface area (Å²) in [7, 11) is 0. The van der Waals surface area contributed by atoms with E-state index in [0.717, 1.165) is 12.1 Å². The Labute approximate surface area is 135 Å². The van der Waals surface area contributed by atoms with E-state index < -0.39 is 63.8 Å². The van der Waals surface area contributed by atoms with E-state index >= 15 is 0 Å². The van der Waals surface area contributed by atoms with Gasteiger partial charge < -0.3 is 0 Å². The molecule has 0 N–H and O–H groups in total. The van der Waals surface area contributed by atoms with Gasteiger partial charge in [-0.25, -0.2) is 17.6 Å². The van der Waals surface area contributed by atoms with Crippen LogP contribution >= 0.6 is 0 Å². The zero-order chi connectivity index (χ0) is 18.9. The maximum Gasteiger partial charge on any atom is 0.412 e. The molecule has 2 aromatic carbocycles. The van der Waals surface area contributed by atoms with E-state index in [-0.39, 0.29) is 0 Å². The summed E-state index contributed by atoms with van der Waals surface area (Å²) in [4.78, 5) is 10.5. The van der Waals surface area contributed by atoms with Gasteiger partial charge in [0.2, 0.25) is 0 Å². The third-order valence-electron chi connectivity index (χ3n) is 3.08. The molecule has 2 rings (SSSR count). The van der Waals surface area contributed by atoms with Crippen molar-refractivity contribution in [2.75, 3.05) is 0 Å². The summed E-state index contributed by atoms with van der Waals surface area (Å²) in [5.74, 6) is -6.79. The molecule has 0 spiro atoms. The Bertz CT molecular complexity index is 844. The first-order valence-corrected chi connectivity index (χ1v) is 6.44. The lowest BCUT2D eigenvalue weighted by molar-refractivity contribution is -0.0798. The van der Waals surface area contributed by atoms with Crippen molar-refractivity contribution in [3.8, 4) is 11.1 Å². The number of rotatable bonds is 3. The molecule has 0 saturated heterocycles. The van der Waals surface area contributed by atoms with Crippen molar-refractivity contribution < 1.29 is 39.9 Å². The third kappa shape index (κ3) is 4.23. The highest BCUT2D eigenvalue weighted by Crippen LogP contribution is 2.32. The smallest absolute Gasteiger partial charge is 0.255 e. The summed E-state index contributed by atoms with van der Waals surface area (Å²) in [6.45, 7) is 0. The van der Waals surface area contributed by atoms with Gasteiger partial charge in [0.1, 0.15) is 23.3 Å². The molecular formula is C16H6F8O. The van der Waals surface area contributed by atoms with Crippen LogP contribution in [-0.2, 0) is 0 Å². The van der Waals surface area contributed by atoms with E-state index in [4.69, 9.17) is 0 Å². The molecule has 0 aliphatic carbocycles. The standard InChI is InChI=1S/C16H6F8O/c17-10-3-7(15(21)25)1-2-9(10)8-4-11(18)14(12(19)5-8)13(20)6-16(22,23)24/h1-6H/b13-6-. The van der Waals surface area contributed by atoms with Crippen molar-refractivity contribution in [2.24, 2.45) is 0 Å². The summed E-state index contributed by atoms with van der Waals surface area (Å²) < 4.78 is 104. The van der Waals surface area contributed by atoms with Gasteiger partial charge >= 0.3 is 12.2 Å². The minimum Gasteiger partial charge on any atom is -0.255 e. The normalized spacial score (nSPS) is 12.4. The summed E-state index contributed by atoms with van der Waals surface area (Å²) in [5.41, 5.74) is -3.14. The molecule has 0 unspecified atom stereocenters. The van der Waals surface area contributed by atoms with Crippen LogP contribution in [0, 0.1) is 17.5 Å². The van der Waals surface area contributed by atoms with Crippen molar-refractivity contribution in [3.63, 3.8) is 0 Å². The van der Waals surface area contributed by atoms with Crippen LogP contribution in [0.1, 0.15) is 15.9 Å². The summed E-state index contributed by atoms with van der Waals surface area (Å²) in [6, 6.07) is 1.06. The molecule has 0 aliphatic rings. The molecule has 2 aromatic rings. The highest BCUT2D eigenvalue weighted by molar-refractivity contribution is 5.89. The number of benzene rings is 2. The van der Waals surface area contributed by atoms with Crippen molar-refractivity contribution in [1.82, 2.24) is 0 Å². The van der Waals surface area contributed by atoms with Gasteiger partial charge in [0.05, 0.1) is 17.2 Å². The minimum absolute atomic E-state index is 0.414. The number of carbonyl (C=O) groups is 1. The molecule has 0 aromatic heterocycles. The molecule has 9 heteroatoms. The minimum atomic E-state index is -5.14. The van der Waals surface area contributed by atoms with E-state index in [1.54, 1.807) is 0 Å². The SMILES string of the molecule is O=C(F)c1ccc(-c2cc(F)c(/C(F)=C/C(F)(F)F)c(F)c2)c(F)c1. The molecule has 0 radical (unpaired) electrons. The van der Waals surface area contributed by atoms with Gasteiger partial charge in [0.25, 0.3) is 0 Å². The van der Waals surface area contributed by atoms with Gasteiger partial charge in [-0.2, -0.15) is 17.6 Å².